The van der Waals surface area contributed by atoms with Crippen LogP contribution in [-0.4, -0.2) is 39.4 Å². The van der Waals surface area contributed by atoms with Gasteiger partial charge in [-0.25, -0.2) is 0 Å². The highest BCUT2D eigenvalue weighted by atomic mass is 16.4. The Bertz CT molecular complexity index is 292. The molecule has 1 aliphatic rings. The smallest absolute Gasteiger partial charge is 0.230 e. The molecule has 0 atom stereocenters. The van der Waals surface area contributed by atoms with Gasteiger partial charge in [0.25, 0.3) is 0 Å². The fraction of sp³-hybridized carbons (Fsp3) is 0.778. The van der Waals surface area contributed by atoms with Crippen LogP contribution < -0.4 is 0 Å². The Kier molecular flexibility index (Phi) is 2.79. The molecule has 78 valence electrons. The van der Waals surface area contributed by atoms with E-state index in [2.05, 4.69) is 15.1 Å². The third-order valence-electron chi connectivity index (χ3n) is 2.48. The van der Waals surface area contributed by atoms with E-state index in [1.54, 1.807) is 6.92 Å². The Hall–Kier alpha value is -0.940. The molecule has 1 saturated heterocycles. The number of hydrogen-bond donors (Lipinski definition) is 1. The number of piperidine rings is 1. The second-order valence-corrected chi connectivity index (χ2v) is 3.72. The minimum atomic E-state index is -0.129. The van der Waals surface area contributed by atoms with Gasteiger partial charge in [-0.05, 0) is 12.8 Å². The second-order valence-electron chi connectivity index (χ2n) is 3.72. The molecule has 0 spiro atoms. The van der Waals surface area contributed by atoms with Crippen LogP contribution in [0, 0.1) is 6.92 Å². The van der Waals surface area contributed by atoms with E-state index in [-0.39, 0.29) is 6.10 Å². The molecular weight excluding hydrogens is 182 g/mol. The van der Waals surface area contributed by atoms with Gasteiger partial charge in [0.15, 0.2) is 0 Å². The lowest BCUT2D eigenvalue weighted by Crippen LogP contribution is -2.35. The summed E-state index contributed by atoms with van der Waals surface area (Å²) >= 11 is 0. The SMILES string of the molecule is Cc1nnc(CN2CCC(O)CC2)o1. The first-order valence-corrected chi connectivity index (χ1v) is 4.93. The van der Waals surface area contributed by atoms with Crippen LogP contribution in [0.1, 0.15) is 24.6 Å². The van der Waals surface area contributed by atoms with Crippen LogP contribution >= 0.6 is 0 Å². The zero-order valence-corrected chi connectivity index (χ0v) is 8.31. The molecule has 0 unspecified atom stereocenters. The van der Waals surface area contributed by atoms with Gasteiger partial charge < -0.3 is 9.52 Å². The van der Waals surface area contributed by atoms with Crippen LogP contribution in [0.25, 0.3) is 0 Å². The normalized spacial score (nSPS) is 20.1. The van der Waals surface area contributed by atoms with Gasteiger partial charge in [-0.1, -0.05) is 0 Å². The number of aryl methyl sites for hydroxylation is 1. The van der Waals surface area contributed by atoms with Crippen molar-refractivity contribution in [2.24, 2.45) is 0 Å². The molecule has 5 nitrogen and oxygen atoms in total. The topological polar surface area (TPSA) is 62.4 Å². The highest BCUT2D eigenvalue weighted by molar-refractivity contribution is 4.81. The van der Waals surface area contributed by atoms with Crippen LogP contribution in [0.5, 0.6) is 0 Å². The average Bonchev–Trinajstić information content (AvgIpc) is 2.56. The number of rotatable bonds is 2. The van der Waals surface area contributed by atoms with E-state index in [1.807, 2.05) is 0 Å². The first-order chi connectivity index (χ1) is 6.74. The van der Waals surface area contributed by atoms with Gasteiger partial charge in [0.1, 0.15) is 0 Å². The maximum absolute atomic E-state index is 9.32. The molecule has 0 aromatic carbocycles. The molecule has 1 N–H and O–H groups in total. The van der Waals surface area contributed by atoms with E-state index in [4.69, 9.17) is 4.42 Å². The Labute approximate surface area is 82.7 Å². The minimum absolute atomic E-state index is 0.129. The van der Waals surface area contributed by atoms with Crippen molar-refractivity contribution in [1.82, 2.24) is 15.1 Å². The maximum Gasteiger partial charge on any atom is 0.230 e. The summed E-state index contributed by atoms with van der Waals surface area (Å²) in [6.45, 7) is 4.30. The lowest BCUT2D eigenvalue weighted by atomic mass is 10.1. The summed E-state index contributed by atoms with van der Waals surface area (Å²) in [7, 11) is 0. The quantitative estimate of drug-likeness (QED) is 0.740. The first-order valence-electron chi connectivity index (χ1n) is 4.93. The summed E-state index contributed by atoms with van der Waals surface area (Å²) < 4.78 is 5.29. The van der Waals surface area contributed by atoms with E-state index >= 15 is 0 Å². The largest absolute Gasteiger partial charge is 0.424 e. The number of likely N-dealkylation sites (tertiary alicyclic amines) is 1. The standard InChI is InChI=1S/C9H15N3O2/c1-7-10-11-9(14-7)6-12-4-2-8(13)3-5-12/h8,13H,2-6H2,1H3. The number of aromatic nitrogens is 2. The summed E-state index contributed by atoms with van der Waals surface area (Å²) in [6.07, 6.45) is 1.55. The van der Waals surface area contributed by atoms with Gasteiger partial charge in [0, 0.05) is 20.0 Å². The van der Waals surface area contributed by atoms with Gasteiger partial charge in [-0.3, -0.25) is 4.90 Å². The summed E-state index contributed by atoms with van der Waals surface area (Å²) in [4.78, 5) is 2.22. The summed E-state index contributed by atoms with van der Waals surface area (Å²) in [6, 6.07) is 0. The van der Waals surface area contributed by atoms with Crippen molar-refractivity contribution in [3.8, 4) is 0 Å². The molecule has 14 heavy (non-hydrogen) atoms. The minimum Gasteiger partial charge on any atom is -0.424 e. The summed E-state index contributed by atoms with van der Waals surface area (Å²) in [5.41, 5.74) is 0. The molecule has 1 aliphatic heterocycles. The molecule has 1 aromatic heterocycles. The second kappa shape index (κ2) is 4.06. The Balaban J connectivity index is 1.86. The number of aliphatic hydroxyl groups excluding tert-OH is 1. The van der Waals surface area contributed by atoms with Crippen molar-refractivity contribution in [3.63, 3.8) is 0 Å². The van der Waals surface area contributed by atoms with Crippen molar-refractivity contribution < 1.29 is 9.52 Å². The van der Waals surface area contributed by atoms with Crippen LogP contribution in [0.4, 0.5) is 0 Å². The fourth-order valence-electron chi connectivity index (χ4n) is 1.67. The molecule has 0 aliphatic carbocycles. The Morgan fingerprint density at radius 2 is 2.14 bits per heavy atom. The molecule has 2 rings (SSSR count). The van der Waals surface area contributed by atoms with Gasteiger partial charge in [0.2, 0.25) is 11.8 Å². The van der Waals surface area contributed by atoms with Gasteiger partial charge in [-0.15, -0.1) is 10.2 Å². The third kappa shape index (κ3) is 2.30. The number of hydrogen-bond acceptors (Lipinski definition) is 5. The maximum atomic E-state index is 9.32. The Morgan fingerprint density at radius 3 is 2.71 bits per heavy atom. The van der Waals surface area contributed by atoms with Crippen LogP contribution in [0.3, 0.4) is 0 Å². The van der Waals surface area contributed by atoms with Gasteiger partial charge >= 0.3 is 0 Å². The van der Waals surface area contributed by atoms with Crippen LogP contribution in [0.2, 0.25) is 0 Å². The first kappa shape index (κ1) is 9.61. The van der Waals surface area contributed by atoms with Crippen LogP contribution in [0.15, 0.2) is 4.42 Å². The lowest BCUT2D eigenvalue weighted by molar-refractivity contribution is 0.0750. The molecule has 0 saturated carbocycles. The molecule has 0 bridgehead atoms. The third-order valence-corrected chi connectivity index (χ3v) is 2.48. The molecule has 0 radical (unpaired) electrons. The number of aliphatic hydroxyl groups is 1. The van der Waals surface area contributed by atoms with E-state index < -0.39 is 0 Å². The fourth-order valence-corrected chi connectivity index (χ4v) is 1.67. The van der Waals surface area contributed by atoms with Crippen molar-refractivity contribution in [3.05, 3.63) is 11.8 Å². The van der Waals surface area contributed by atoms with Crippen molar-refractivity contribution in [2.45, 2.75) is 32.4 Å². The van der Waals surface area contributed by atoms with Gasteiger partial charge in [-0.2, -0.15) is 0 Å². The van der Waals surface area contributed by atoms with E-state index in [0.29, 0.717) is 18.3 Å². The zero-order chi connectivity index (χ0) is 9.97. The van der Waals surface area contributed by atoms with Crippen LogP contribution in [-0.2, 0) is 6.54 Å². The average molecular weight is 197 g/mol. The van der Waals surface area contributed by atoms with Gasteiger partial charge in [0.05, 0.1) is 12.6 Å². The lowest BCUT2D eigenvalue weighted by Gasteiger charge is -2.27. The van der Waals surface area contributed by atoms with Crippen molar-refractivity contribution in [1.29, 1.82) is 0 Å². The van der Waals surface area contributed by atoms with Crippen molar-refractivity contribution >= 4 is 0 Å². The highest BCUT2D eigenvalue weighted by Crippen LogP contribution is 2.12. The highest BCUT2D eigenvalue weighted by Gasteiger charge is 2.18. The predicted octanol–water partition coefficient (Wildman–Crippen LogP) is 0.335. The molecule has 5 heteroatoms. The number of nitrogens with zero attached hydrogens (tertiary/aromatic N) is 3. The Morgan fingerprint density at radius 1 is 1.43 bits per heavy atom. The molecule has 2 heterocycles. The van der Waals surface area contributed by atoms with E-state index in [1.165, 1.54) is 0 Å². The van der Waals surface area contributed by atoms with E-state index in [0.717, 1.165) is 25.9 Å². The zero-order valence-electron chi connectivity index (χ0n) is 8.31. The van der Waals surface area contributed by atoms with Crippen molar-refractivity contribution in [2.75, 3.05) is 13.1 Å². The summed E-state index contributed by atoms with van der Waals surface area (Å²) in [5, 5.41) is 17.0. The predicted molar refractivity (Wildman–Crippen MR) is 49.6 cm³/mol. The molecular formula is C9H15N3O2. The molecule has 1 fully saturated rings. The summed E-state index contributed by atoms with van der Waals surface area (Å²) in [5.74, 6) is 1.27. The molecule has 1 aromatic rings. The molecule has 0 amide bonds. The monoisotopic (exact) mass is 197 g/mol. The van der Waals surface area contributed by atoms with E-state index in [9.17, 15) is 5.11 Å².